The van der Waals surface area contributed by atoms with E-state index in [1.54, 1.807) is 36.2 Å². The van der Waals surface area contributed by atoms with E-state index in [4.69, 9.17) is 4.42 Å². The molecule has 1 atom stereocenters. The van der Waals surface area contributed by atoms with E-state index < -0.39 is 11.8 Å². The first-order chi connectivity index (χ1) is 12.1. The molecular weight excluding hydrogens is 320 g/mol. The van der Waals surface area contributed by atoms with Crippen molar-refractivity contribution in [1.29, 1.82) is 0 Å². The third kappa shape index (κ3) is 2.52. The van der Waals surface area contributed by atoms with Gasteiger partial charge in [-0.1, -0.05) is 19.1 Å². The van der Waals surface area contributed by atoms with Gasteiger partial charge in [0, 0.05) is 24.7 Å². The predicted octanol–water partition coefficient (Wildman–Crippen LogP) is 2.05. The summed E-state index contributed by atoms with van der Waals surface area (Å²) < 4.78 is 6.65. The Balaban J connectivity index is 1.63. The summed E-state index contributed by atoms with van der Waals surface area (Å²) in [6.45, 7) is 4.63. The van der Waals surface area contributed by atoms with Gasteiger partial charge in [-0.15, -0.1) is 0 Å². The molecule has 3 aromatic rings. The summed E-state index contributed by atoms with van der Waals surface area (Å²) in [7, 11) is 0. The van der Waals surface area contributed by atoms with Crippen LogP contribution in [0.3, 0.4) is 0 Å². The van der Waals surface area contributed by atoms with Gasteiger partial charge in [-0.2, -0.15) is 0 Å². The van der Waals surface area contributed by atoms with Crippen LogP contribution >= 0.6 is 0 Å². The molecule has 0 N–H and O–H groups in total. The lowest BCUT2D eigenvalue weighted by molar-refractivity contribution is -0.135. The van der Waals surface area contributed by atoms with Gasteiger partial charge in [0.05, 0.1) is 17.8 Å². The van der Waals surface area contributed by atoms with Gasteiger partial charge in [0.25, 0.3) is 0 Å². The smallest absolute Gasteiger partial charge is 0.408 e. The van der Waals surface area contributed by atoms with Gasteiger partial charge in [-0.3, -0.25) is 9.36 Å². The molecule has 7 nitrogen and oxygen atoms in total. The highest BCUT2D eigenvalue weighted by Gasteiger charge is 2.30. The molecule has 0 saturated carbocycles. The zero-order chi connectivity index (χ0) is 17.6. The minimum absolute atomic E-state index is 0.135. The van der Waals surface area contributed by atoms with E-state index in [1.807, 2.05) is 13.0 Å². The van der Waals surface area contributed by atoms with Crippen molar-refractivity contribution in [3.05, 3.63) is 58.1 Å². The Bertz CT molecular complexity index is 1020. The highest BCUT2D eigenvalue weighted by molar-refractivity contribution is 5.83. The monoisotopic (exact) mass is 338 g/mol. The van der Waals surface area contributed by atoms with Crippen LogP contribution in [0, 0.1) is 0 Å². The molecule has 25 heavy (non-hydrogen) atoms. The Kier molecular flexibility index (Phi) is 3.63. The number of oxazole rings is 1. The lowest BCUT2D eigenvalue weighted by Crippen LogP contribution is -2.35. The van der Waals surface area contributed by atoms with Gasteiger partial charge in [0.15, 0.2) is 5.58 Å². The lowest BCUT2D eigenvalue weighted by Gasteiger charge is -2.20. The summed E-state index contributed by atoms with van der Waals surface area (Å²) in [5.41, 5.74) is 2.95. The molecule has 1 aliphatic rings. The first-order valence-corrected chi connectivity index (χ1v) is 8.31. The summed E-state index contributed by atoms with van der Waals surface area (Å²) in [6.07, 6.45) is 2.55. The van der Waals surface area contributed by atoms with Crippen molar-refractivity contribution in [2.75, 3.05) is 0 Å². The summed E-state index contributed by atoms with van der Waals surface area (Å²) in [6, 6.07) is 6.46. The molecule has 0 radical (unpaired) electrons. The van der Waals surface area contributed by atoms with E-state index in [0.29, 0.717) is 24.2 Å². The number of nitrogens with zero attached hydrogens (tertiary/aromatic N) is 4. The van der Waals surface area contributed by atoms with Crippen LogP contribution < -0.4 is 5.76 Å². The van der Waals surface area contributed by atoms with E-state index in [2.05, 4.69) is 9.97 Å². The number of fused-ring (bicyclic) bond motifs is 2. The highest BCUT2D eigenvalue weighted by atomic mass is 16.4. The molecule has 4 rings (SSSR count). The van der Waals surface area contributed by atoms with Crippen LogP contribution in [0.1, 0.15) is 37.0 Å². The van der Waals surface area contributed by atoms with E-state index in [1.165, 1.54) is 4.57 Å². The number of aryl methyl sites for hydroxylation is 1. The molecule has 3 heterocycles. The summed E-state index contributed by atoms with van der Waals surface area (Å²) in [5.74, 6) is 0.120. The van der Waals surface area contributed by atoms with Crippen molar-refractivity contribution in [3.8, 4) is 0 Å². The molecule has 0 spiro atoms. The molecule has 0 saturated heterocycles. The maximum absolute atomic E-state index is 12.9. The van der Waals surface area contributed by atoms with E-state index in [-0.39, 0.29) is 5.91 Å². The second kappa shape index (κ2) is 5.84. The topological polar surface area (TPSA) is 81.2 Å². The van der Waals surface area contributed by atoms with Crippen molar-refractivity contribution < 1.29 is 9.21 Å². The molecule has 1 amide bonds. The summed E-state index contributed by atoms with van der Waals surface area (Å²) >= 11 is 0. The predicted molar refractivity (Wildman–Crippen MR) is 90.8 cm³/mol. The molecule has 128 valence electrons. The fourth-order valence-electron chi connectivity index (χ4n) is 3.25. The van der Waals surface area contributed by atoms with Crippen molar-refractivity contribution in [2.24, 2.45) is 0 Å². The second-order valence-corrected chi connectivity index (χ2v) is 6.19. The zero-order valence-electron chi connectivity index (χ0n) is 14.1. The molecule has 0 bridgehead atoms. The van der Waals surface area contributed by atoms with Crippen molar-refractivity contribution in [3.63, 3.8) is 0 Å². The summed E-state index contributed by atoms with van der Waals surface area (Å²) in [4.78, 5) is 35.6. The van der Waals surface area contributed by atoms with E-state index in [0.717, 1.165) is 23.5 Å². The Morgan fingerprint density at radius 2 is 2.12 bits per heavy atom. The fourth-order valence-corrected chi connectivity index (χ4v) is 3.25. The molecule has 7 heteroatoms. The molecule has 0 aliphatic carbocycles. The Labute approximate surface area is 143 Å². The number of rotatable bonds is 3. The van der Waals surface area contributed by atoms with Crippen LogP contribution in [0.2, 0.25) is 0 Å². The molecule has 1 aromatic carbocycles. The molecule has 0 fully saturated rings. The van der Waals surface area contributed by atoms with Crippen molar-refractivity contribution in [2.45, 2.75) is 39.4 Å². The van der Waals surface area contributed by atoms with Gasteiger partial charge in [-0.05, 0) is 19.1 Å². The van der Waals surface area contributed by atoms with Crippen LogP contribution in [-0.4, -0.2) is 25.3 Å². The largest absolute Gasteiger partial charge is 0.420 e. The molecular formula is C18H18N4O3. The number of carbonyl (C=O) groups is 1. The lowest BCUT2D eigenvalue weighted by atomic mass is 10.2. The van der Waals surface area contributed by atoms with E-state index >= 15 is 0 Å². The second-order valence-electron chi connectivity index (χ2n) is 6.19. The maximum Gasteiger partial charge on any atom is 0.420 e. The zero-order valence-corrected chi connectivity index (χ0v) is 14.1. The number of hydrogen-bond acceptors (Lipinski definition) is 5. The van der Waals surface area contributed by atoms with Crippen LogP contribution in [0.4, 0.5) is 0 Å². The average molecular weight is 338 g/mol. The normalized spacial score (nSPS) is 14.7. The Morgan fingerprint density at radius 3 is 2.92 bits per heavy atom. The van der Waals surface area contributed by atoms with Gasteiger partial charge in [0.1, 0.15) is 11.9 Å². The number of amides is 1. The molecule has 1 aliphatic heterocycles. The number of carbonyl (C=O) groups excluding carboxylic acids is 1. The first-order valence-electron chi connectivity index (χ1n) is 8.31. The fraction of sp³-hybridized carbons (Fsp3) is 0.333. The van der Waals surface area contributed by atoms with Gasteiger partial charge in [0.2, 0.25) is 5.91 Å². The molecule has 0 unspecified atom stereocenters. The Hall–Kier alpha value is -2.96. The van der Waals surface area contributed by atoms with Crippen LogP contribution in [0.5, 0.6) is 0 Å². The van der Waals surface area contributed by atoms with Crippen molar-refractivity contribution in [1.82, 2.24) is 19.4 Å². The molecule has 2 aromatic heterocycles. The quantitative estimate of drug-likeness (QED) is 0.730. The summed E-state index contributed by atoms with van der Waals surface area (Å²) in [5, 5.41) is 0. The highest BCUT2D eigenvalue weighted by Crippen LogP contribution is 2.25. The Morgan fingerprint density at radius 1 is 1.32 bits per heavy atom. The number of hydrogen-bond donors (Lipinski definition) is 0. The average Bonchev–Trinajstić information content (AvgIpc) is 3.19. The van der Waals surface area contributed by atoms with Crippen LogP contribution in [0.15, 0.2) is 39.7 Å². The third-order valence-corrected chi connectivity index (χ3v) is 4.60. The van der Waals surface area contributed by atoms with Crippen LogP contribution in [-0.2, 0) is 24.3 Å². The minimum Gasteiger partial charge on any atom is -0.408 e. The van der Waals surface area contributed by atoms with Crippen LogP contribution in [0.25, 0.3) is 11.1 Å². The third-order valence-electron chi connectivity index (χ3n) is 4.60. The first kappa shape index (κ1) is 15.6. The van der Waals surface area contributed by atoms with Crippen molar-refractivity contribution >= 4 is 17.0 Å². The van der Waals surface area contributed by atoms with E-state index in [9.17, 15) is 9.59 Å². The maximum atomic E-state index is 12.9. The number of para-hydroxylation sites is 2. The van der Waals surface area contributed by atoms with Gasteiger partial charge in [-0.25, -0.2) is 14.8 Å². The SMILES string of the molecule is CCc1ncc2c(n1)CN(C(=O)[C@H](C)n1c(=O)oc3ccccc31)C2. The number of aromatic nitrogens is 3. The van der Waals surface area contributed by atoms with Gasteiger partial charge < -0.3 is 9.32 Å². The van der Waals surface area contributed by atoms with Gasteiger partial charge >= 0.3 is 5.76 Å². The number of benzene rings is 1. The minimum atomic E-state index is -0.649. The standard InChI is InChI=1S/C18H18N4O3/c1-3-16-19-8-12-9-21(10-13(12)20-16)17(23)11(2)22-14-6-4-5-7-15(14)25-18(22)24/h4-8,11H,3,9-10H2,1-2H3/t11-/m0/s1.